The lowest BCUT2D eigenvalue weighted by molar-refractivity contribution is -0.120. The zero-order chi connectivity index (χ0) is 20.6. The number of amides is 1. The van der Waals surface area contributed by atoms with Gasteiger partial charge in [0.2, 0.25) is 11.9 Å². The van der Waals surface area contributed by atoms with Crippen molar-refractivity contribution in [2.45, 2.75) is 44.2 Å². The van der Waals surface area contributed by atoms with E-state index in [4.69, 9.17) is 5.26 Å². The number of carbonyl (C=O) groups excluding carboxylic acids is 1. The summed E-state index contributed by atoms with van der Waals surface area (Å²) in [6.45, 7) is 1.59. The van der Waals surface area contributed by atoms with E-state index in [0.29, 0.717) is 22.5 Å². The Hall–Kier alpha value is -3.24. The summed E-state index contributed by atoms with van der Waals surface area (Å²) in [6.07, 6.45) is 2.76. The molecule has 2 N–H and O–H groups in total. The number of imidazole rings is 1. The molecule has 1 unspecified atom stereocenters. The molecule has 1 amide bonds. The van der Waals surface area contributed by atoms with E-state index in [1.165, 1.54) is 12.1 Å². The Morgan fingerprint density at radius 3 is 2.72 bits per heavy atom. The van der Waals surface area contributed by atoms with Crippen LogP contribution in [0.5, 0.6) is 0 Å². The summed E-state index contributed by atoms with van der Waals surface area (Å²) < 4.78 is 15.9. The number of nitrogens with one attached hydrogen (secondary N) is 1. The van der Waals surface area contributed by atoms with E-state index >= 15 is 0 Å². The van der Waals surface area contributed by atoms with Crippen LogP contribution in [0.1, 0.15) is 49.8 Å². The summed E-state index contributed by atoms with van der Waals surface area (Å²) in [5.74, 6) is -0.716. The highest BCUT2D eigenvalue weighted by molar-refractivity contribution is 5.92. The Bertz CT molecular complexity index is 1110. The van der Waals surface area contributed by atoms with Gasteiger partial charge in [-0.3, -0.25) is 10.1 Å². The Morgan fingerprint density at radius 2 is 2.10 bits per heavy atom. The molecule has 1 aliphatic carbocycles. The van der Waals surface area contributed by atoms with Gasteiger partial charge in [0.05, 0.1) is 28.6 Å². The lowest BCUT2D eigenvalue weighted by Gasteiger charge is -2.29. The van der Waals surface area contributed by atoms with Crippen LogP contribution in [-0.2, 0) is 10.4 Å². The van der Waals surface area contributed by atoms with Gasteiger partial charge in [0.25, 0.3) is 0 Å². The molecular formula is C22H21FN4O2. The molecule has 0 radical (unpaired) electrons. The van der Waals surface area contributed by atoms with Crippen molar-refractivity contribution in [3.8, 4) is 6.07 Å². The van der Waals surface area contributed by atoms with Crippen LogP contribution in [-0.4, -0.2) is 20.6 Å². The highest BCUT2D eigenvalue weighted by Crippen LogP contribution is 2.38. The number of anilines is 1. The number of halogens is 1. The summed E-state index contributed by atoms with van der Waals surface area (Å²) in [5.41, 5.74) is 0.265. The van der Waals surface area contributed by atoms with E-state index in [0.717, 1.165) is 19.3 Å². The van der Waals surface area contributed by atoms with Crippen molar-refractivity contribution in [3.63, 3.8) is 0 Å². The summed E-state index contributed by atoms with van der Waals surface area (Å²) in [7, 11) is 0. The van der Waals surface area contributed by atoms with Crippen molar-refractivity contribution in [2.75, 3.05) is 5.32 Å². The first-order chi connectivity index (χ1) is 13.9. The summed E-state index contributed by atoms with van der Waals surface area (Å²) in [4.78, 5) is 17.1. The third-order valence-electron chi connectivity index (χ3n) is 5.49. The second-order valence-corrected chi connectivity index (χ2v) is 7.69. The van der Waals surface area contributed by atoms with E-state index in [1.807, 2.05) is 16.7 Å². The SMILES string of the molecule is CC(O)(CC(=O)Nc1nc2cc(F)c(C#N)cc2n1C1CCC1)c1ccccc1. The molecule has 1 fully saturated rings. The normalized spacial score (nSPS) is 16.1. The number of fused-ring (bicyclic) bond motifs is 1. The molecule has 4 rings (SSSR count). The zero-order valence-corrected chi connectivity index (χ0v) is 16.0. The van der Waals surface area contributed by atoms with Gasteiger partial charge in [-0.05, 0) is 37.8 Å². The highest BCUT2D eigenvalue weighted by atomic mass is 19.1. The molecule has 0 spiro atoms. The molecule has 7 heteroatoms. The molecule has 0 bridgehead atoms. The van der Waals surface area contributed by atoms with Gasteiger partial charge in [-0.1, -0.05) is 30.3 Å². The van der Waals surface area contributed by atoms with Gasteiger partial charge in [-0.15, -0.1) is 0 Å². The maximum Gasteiger partial charge on any atom is 0.229 e. The molecule has 0 aliphatic heterocycles. The van der Waals surface area contributed by atoms with Gasteiger partial charge < -0.3 is 9.67 Å². The van der Waals surface area contributed by atoms with E-state index in [-0.39, 0.29) is 18.0 Å². The first-order valence-electron chi connectivity index (χ1n) is 9.58. The molecule has 6 nitrogen and oxygen atoms in total. The molecule has 2 aromatic carbocycles. The third-order valence-corrected chi connectivity index (χ3v) is 5.49. The number of aliphatic hydroxyl groups is 1. The monoisotopic (exact) mass is 392 g/mol. The minimum Gasteiger partial charge on any atom is -0.385 e. The first kappa shape index (κ1) is 19.1. The number of hydrogen-bond acceptors (Lipinski definition) is 4. The molecule has 0 saturated heterocycles. The van der Waals surface area contributed by atoms with Crippen molar-refractivity contribution >= 4 is 22.9 Å². The maximum atomic E-state index is 14.0. The van der Waals surface area contributed by atoms with Crippen LogP contribution in [0.15, 0.2) is 42.5 Å². The van der Waals surface area contributed by atoms with Gasteiger partial charge in [0.1, 0.15) is 11.9 Å². The van der Waals surface area contributed by atoms with E-state index in [2.05, 4.69) is 10.3 Å². The van der Waals surface area contributed by atoms with Crippen molar-refractivity contribution in [2.24, 2.45) is 0 Å². The Morgan fingerprint density at radius 1 is 1.38 bits per heavy atom. The van der Waals surface area contributed by atoms with Crippen LogP contribution in [0.3, 0.4) is 0 Å². The van der Waals surface area contributed by atoms with Gasteiger partial charge >= 0.3 is 0 Å². The second kappa shape index (κ2) is 7.30. The zero-order valence-electron chi connectivity index (χ0n) is 16.0. The molecular weight excluding hydrogens is 371 g/mol. The van der Waals surface area contributed by atoms with Crippen molar-refractivity contribution < 1.29 is 14.3 Å². The second-order valence-electron chi connectivity index (χ2n) is 7.69. The Balaban J connectivity index is 1.65. The van der Waals surface area contributed by atoms with E-state index in [9.17, 15) is 14.3 Å². The van der Waals surface area contributed by atoms with Crippen molar-refractivity contribution in [3.05, 3.63) is 59.4 Å². The molecule has 1 atom stereocenters. The third kappa shape index (κ3) is 3.59. The fourth-order valence-electron chi connectivity index (χ4n) is 3.69. The lowest BCUT2D eigenvalue weighted by Crippen LogP contribution is -2.30. The van der Waals surface area contributed by atoms with Gasteiger partial charge in [0.15, 0.2) is 0 Å². The van der Waals surface area contributed by atoms with Crippen LogP contribution >= 0.6 is 0 Å². The molecule has 29 heavy (non-hydrogen) atoms. The minimum absolute atomic E-state index is 0.0529. The van der Waals surface area contributed by atoms with Gasteiger partial charge in [-0.25, -0.2) is 9.37 Å². The number of carbonyl (C=O) groups is 1. The molecule has 1 saturated carbocycles. The number of rotatable bonds is 5. The molecule has 148 valence electrons. The van der Waals surface area contributed by atoms with E-state index in [1.54, 1.807) is 31.2 Å². The predicted octanol–water partition coefficient (Wildman–Crippen LogP) is 4.01. The standard InChI is InChI=1S/C22H21FN4O2/c1-22(29,15-6-3-2-4-7-15)12-20(28)26-21-25-18-11-17(23)14(13-24)10-19(18)27(21)16-8-5-9-16/h2-4,6-7,10-11,16,29H,5,8-9,12H2,1H3,(H,25,26,28). The number of hydrogen-bond donors (Lipinski definition) is 2. The average molecular weight is 392 g/mol. The largest absolute Gasteiger partial charge is 0.385 e. The van der Waals surface area contributed by atoms with Crippen molar-refractivity contribution in [1.29, 1.82) is 5.26 Å². The average Bonchev–Trinajstić information content (AvgIpc) is 2.96. The number of nitrogens with zero attached hydrogens (tertiary/aromatic N) is 3. The fraction of sp³-hybridized carbons (Fsp3) is 0.318. The number of aromatic nitrogens is 2. The molecule has 3 aromatic rings. The number of nitriles is 1. The van der Waals surface area contributed by atoms with Crippen LogP contribution in [0.25, 0.3) is 11.0 Å². The highest BCUT2D eigenvalue weighted by Gasteiger charge is 2.29. The quantitative estimate of drug-likeness (QED) is 0.686. The Labute approximate surface area is 167 Å². The first-order valence-corrected chi connectivity index (χ1v) is 9.58. The predicted molar refractivity (Wildman–Crippen MR) is 107 cm³/mol. The molecule has 1 aliphatic rings. The minimum atomic E-state index is -1.33. The summed E-state index contributed by atoms with van der Waals surface area (Å²) >= 11 is 0. The summed E-state index contributed by atoms with van der Waals surface area (Å²) in [6, 6.07) is 13.7. The van der Waals surface area contributed by atoms with Gasteiger partial charge in [0, 0.05) is 12.1 Å². The molecule has 1 aromatic heterocycles. The van der Waals surface area contributed by atoms with Crippen LogP contribution in [0.4, 0.5) is 10.3 Å². The Kier molecular flexibility index (Phi) is 4.81. The summed E-state index contributed by atoms with van der Waals surface area (Å²) in [5, 5.41) is 22.7. The maximum absolute atomic E-state index is 14.0. The van der Waals surface area contributed by atoms with Crippen LogP contribution < -0.4 is 5.32 Å². The van der Waals surface area contributed by atoms with Crippen molar-refractivity contribution in [1.82, 2.24) is 9.55 Å². The topological polar surface area (TPSA) is 90.9 Å². The fourth-order valence-corrected chi connectivity index (χ4v) is 3.69. The van der Waals surface area contributed by atoms with E-state index < -0.39 is 17.3 Å². The lowest BCUT2D eigenvalue weighted by atomic mass is 9.92. The number of benzene rings is 2. The molecule has 1 heterocycles. The van der Waals surface area contributed by atoms with Crippen LogP contribution in [0.2, 0.25) is 0 Å². The van der Waals surface area contributed by atoms with Crippen LogP contribution in [0, 0.1) is 17.1 Å². The van der Waals surface area contributed by atoms with Gasteiger partial charge in [-0.2, -0.15) is 5.26 Å². The smallest absolute Gasteiger partial charge is 0.229 e.